The number of nitrogen functional groups attached to an aromatic ring is 1. The first kappa shape index (κ1) is 14.4. The zero-order chi connectivity index (χ0) is 13.7. The van der Waals surface area contributed by atoms with Gasteiger partial charge >= 0.3 is 0 Å². The van der Waals surface area contributed by atoms with Gasteiger partial charge < -0.3 is 15.4 Å². The molecule has 0 aliphatic carbocycles. The highest BCUT2D eigenvalue weighted by molar-refractivity contribution is 5.95. The standard InChI is InChI=1S/C14H22N2O2/c1-5-18-13-7-6-11(8-12(13)15)14(17)16(4)9-10(2)3/h6-8,10H,5,9,15H2,1-4H3. The van der Waals surface area contributed by atoms with Crippen molar-refractivity contribution < 1.29 is 9.53 Å². The molecule has 0 bridgehead atoms. The van der Waals surface area contributed by atoms with Crippen LogP contribution in [-0.4, -0.2) is 31.0 Å². The third kappa shape index (κ3) is 3.65. The summed E-state index contributed by atoms with van der Waals surface area (Å²) in [6.07, 6.45) is 0. The second-order valence-electron chi connectivity index (χ2n) is 4.77. The molecule has 0 aliphatic heterocycles. The van der Waals surface area contributed by atoms with Gasteiger partial charge in [0.1, 0.15) is 5.75 Å². The molecule has 0 fully saturated rings. The first-order valence-electron chi connectivity index (χ1n) is 6.23. The van der Waals surface area contributed by atoms with Gasteiger partial charge in [0.05, 0.1) is 12.3 Å². The molecule has 0 radical (unpaired) electrons. The Morgan fingerprint density at radius 2 is 2.11 bits per heavy atom. The van der Waals surface area contributed by atoms with Gasteiger partial charge in [-0.3, -0.25) is 4.79 Å². The highest BCUT2D eigenvalue weighted by Gasteiger charge is 2.14. The summed E-state index contributed by atoms with van der Waals surface area (Å²) in [4.78, 5) is 13.8. The molecule has 100 valence electrons. The van der Waals surface area contributed by atoms with Crippen LogP contribution in [0, 0.1) is 5.92 Å². The van der Waals surface area contributed by atoms with Crippen molar-refractivity contribution in [3.8, 4) is 5.75 Å². The number of anilines is 1. The molecule has 0 saturated heterocycles. The minimum absolute atomic E-state index is 0.0153. The van der Waals surface area contributed by atoms with Gasteiger partial charge in [-0.05, 0) is 31.0 Å². The summed E-state index contributed by atoms with van der Waals surface area (Å²) < 4.78 is 5.35. The number of amides is 1. The van der Waals surface area contributed by atoms with E-state index in [4.69, 9.17) is 10.5 Å². The second kappa shape index (κ2) is 6.28. The molecule has 1 rings (SSSR count). The van der Waals surface area contributed by atoms with Crippen molar-refractivity contribution in [2.45, 2.75) is 20.8 Å². The predicted molar refractivity (Wildman–Crippen MR) is 73.8 cm³/mol. The largest absolute Gasteiger partial charge is 0.492 e. The van der Waals surface area contributed by atoms with Gasteiger partial charge in [-0.25, -0.2) is 0 Å². The van der Waals surface area contributed by atoms with Crippen LogP contribution in [0.2, 0.25) is 0 Å². The average Bonchev–Trinajstić information content (AvgIpc) is 2.30. The molecule has 0 heterocycles. The number of rotatable bonds is 5. The lowest BCUT2D eigenvalue weighted by atomic mass is 10.1. The smallest absolute Gasteiger partial charge is 0.253 e. The zero-order valence-corrected chi connectivity index (χ0v) is 11.6. The third-order valence-corrected chi connectivity index (χ3v) is 2.54. The maximum atomic E-state index is 12.1. The minimum Gasteiger partial charge on any atom is -0.492 e. The molecule has 2 N–H and O–H groups in total. The van der Waals surface area contributed by atoms with Crippen LogP contribution in [-0.2, 0) is 0 Å². The number of carbonyl (C=O) groups is 1. The van der Waals surface area contributed by atoms with Crippen LogP contribution in [0.3, 0.4) is 0 Å². The fourth-order valence-corrected chi connectivity index (χ4v) is 1.82. The van der Waals surface area contributed by atoms with Crippen LogP contribution in [0.1, 0.15) is 31.1 Å². The molecule has 4 nitrogen and oxygen atoms in total. The molecule has 18 heavy (non-hydrogen) atoms. The molecule has 0 aromatic heterocycles. The maximum Gasteiger partial charge on any atom is 0.253 e. The fraction of sp³-hybridized carbons (Fsp3) is 0.500. The van der Waals surface area contributed by atoms with Crippen LogP contribution in [0.5, 0.6) is 5.75 Å². The number of benzene rings is 1. The number of carbonyl (C=O) groups excluding carboxylic acids is 1. The number of hydrogen-bond acceptors (Lipinski definition) is 3. The highest BCUT2D eigenvalue weighted by atomic mass is 16.5. The van der Waals surface area contributed by atoms with Crippen LogP contribution in [0.25, 0.3) is 0 Å². The van der Waals surface area contributed by atoms with Gasteiger partial charge in [0, 0.05) is 19.2 Å². The van der Waals surface area contributed by atoms with Gasteiger partial charge in [-0.2, -0.15) is 0 Å². The SMILES string of the molecule is CCOc1ccc(C(=O)N(C)CC(C)C)cc1N. The van der Waals surface area contributed by atoms with E-state index in [0.717, 1.165) is 6.54 Å². The van der Waals surface area contributed by atoms with Crippen molar-refractivity contribution in [3.05, 3.63) is 23.8 Å². The minimum atomic E-state index is -0.0153. The number of ether oxygens (including phenoxy) is 1. The Morgan fingerprint density at radius 1 is 1.44 bits per heavy atom. The Kier molecular flexibility index (Phi) is 5.01. The lowest BCUT2D eigenvalue weighted by Gasteiger charge is -2.19. The molecule has 4 heteroatoms. The van der Waals surface area contributed by atoms with Crippen LogP contribution >= 0.6 is 0 Å². The summed E-state index contributed by atoms with van der Waals surface area (Å²) in [6.45, 7) is 7.35. The number of nitrogens with two attached hydrogens (primary N) is 1. The Hall–Kier alpha value is -1.71. The maximum absolute atomic E-state index is 12.1. The first-order chi connectivity index (χ1) is 8.45. The molecule has 1 amide bonds. The highest BCUT2D eigenvalue weighted by Crippen LogP contribution is 2.23. The van der Waals surface area contributed by atoms with E-state index in [1.54, 1.807) is 30.1 Å². The van der Waals surface area contributed by atoms with Gasteiger partial charge in [0.25, 0.3) is 5.91 Å². The summed E-state index contributed by atoms with van der Waals surface area (Å²) in [6, 6.07) is 5.17. The van der Waals surface area contributed by atoms with E-state index < -0.39 is 0 Å². The van der Waals surface area contributed by atoms with Gasteiger partial charge in [-0.1, -0.05) is 13.8 Å². The number of hydrogen-bond donors (Lipinski definition) is 1. The lowest BCUT2D eigenvalue weighted by molar-refractivity contribution is 0.0779. The summed E-state index contributed by atoms with van der Waals surface area (Å²) >= 11 is 0. The van der Waals surface area contributed by atoms with E-state index in [2.05, 4.69) is 13.8 Å². The normalized spacial score (nSPS) is 10.5. The Labute approximate surface area is 109 Å². The Morgan fingerprint density at radius 3 is 2.61 bits per heavy atom. The summed E-state index contributed by atoms with van der Waals surface area (Å²) in [5, 5.41) is 0. The van der Waals surface area contributed by atoms with E-state index in [1.807, 2.05) is 6.92 Å². The van der Waals surface area contributed by atoms with E-state index in [9.17, 15) is 4.79 Å². The first-order valence-corrected chi connectivity index (χ1v) is 6.23. The van der Waals surface area contributed by atoms with Crippen LogP contribution in [0.15, 0.2) is 18.2 Å². The molecule has 0 saturated carbocycles. The second-order valence-corrected chi connectivity index (χ2v) is 4.77. The molecule has 1 aromatic rings. The summed E-state index contributed by atoms with van der Waals surface area (Å²) in [5.41, 5.74) is 6.95. The van der Waals surface area contributed by atoms with E-state index in [0.29, 0.717) is 29.5 Å². The van der Waals surface area contributed by atoms with Gasteiger partial charge in [-0.15, -0.1) is 0 Å². The van der Waals surface area contributed by atoms with E-state index in [1.165, 1.54) is 0 Å². The Balaban J connectivity index is 2.84. The average molecular weight is 250 g/mol. The molecular weight excluding hydrogens is 228 g/mol. The van der Waals surface area contributed by atoms with Crippen LogP contribution < -0.4 is 10.5 Å². The van der Waals surface area contributed by atoms with Crippen molar-refractivity contribution in [2.24, 2.45) is 5.92 Å². The molecule has 0 aliphatic rings. The van der Waals surface area contributed by atoms with Crippen molar-refractivity contribution in [2.75, 3.05) is 25.9 Å². The Bertz CT molecular complexity index is 416. The zero-order valence-electron chi connectivity index (χ0n) is 11.6. The van der Waals surface area contributed by atoms with Gasteiger partial charge in [0.15, 0.2) is 0 Å². The van der Waals surface area contributed by atoms with Crippen LogP contribution in [0.4, 0.5) is 5.69 Å². The summed E-state index contributed by atoms with van der Waals surface area (Å²) in [5.74, 6) is 1.05. The lowest BCUT2D eigenvalue weighted by Crippen LogP contribution is -2.30. The molecule has 0 atom stereocenters. The van der Waals surface area contributed by atoms with Crippen molar-refractivity contribution >= 4 is 11.6 Å². The van der Waals surface area contributed by atoms with Crippen molar-refractivity contribution in [1.82, 2.24) is 4.90 Å². The topological polar surface area (TPSA) is 55.6 Å². The monoisotopic (exact) mass is 250 g/mol. The van der Waals surface area contributed by atoms with Crippen molar-refractivity contribution in [1.29, 1.82) is 0 Å². The van der Waals surface area contributed by atoms with E-state index in [-0.39, 0.29) is 5.91 Å². The molecule has 1 aromatic carbocycles. The predicted octanol–water partition coefficient (Wildman–Crippen LogP) is 2.40. The van der Waals surface area contributed by atoms with Gasteiger partial charge in [0.2, 0.25) is 0 Å². The summed E-state index contributed by atoms with van der Waals surface area (Å²) in [7, 11) is 1.80. The quantitative estimate of drug-likeness (QED) is 0.816. The third-order valence-electron chi connectivity index (χ3n) is 2.54. The van der Waals surface area contributed by atoms with Crippen molar-refractivity contribution in [3.63, 3.8) is 0 Å². The molecular formula is C14H22N2O2. The fourth-order valence-electron chi connectivity index (χ4n) is 1.82. The van der Waals surface area contributed by atoms with E-state index >= 15 is 0 Å². The molecule has 0 spiro atoms. The molecule has 0 unspecified atom stereocenters. The number of nitrogens with zero attached hydrogens (tertiary/aromatic N) is 1.